The largest absolute Gasteiger partial charge is 0.506 e. The molecule has 2 saturated heterocycles. The summed E-state index contributed by atoms with van der Waals surface area (Å²) >= 11 is 0. The van der Waals surface area contributed by atoms with Crippen molar-refractivity contribution in [1.29, 1.82) is 0 Å². The second-order valence-corrected chi connectivity index (χ2v) is 9.59. The number of carbonyl (C=O) groups excluding carboxylic acids is 2. The van der Waals surface area contributed by atoms with Gasteiger partial charge in [0.05, 0.1) is 17.1 Å². The zero-order valence-corrected chi connectivity index (χ0v) is 18.4. The molecule has 2 aromatic carbocycles. The number of para-hydroxylation sites is 2. The van der Waals surface area contributed by atoms with Crippen LogP contribution in [0.4, 0.5) is 11.4 Å². The Hall–Kier alpha value is -3.11. The van der Waals surface area contributed by atoms with E-state index < -0.39 is 10.0 Å². The van der Waals surface area contributed by atoms with E-state index in [0.29, 0.717) is 44.8 Å². The Morgan fingerprint density at radius 3 is 2.28 bits per heavy atom. The second-order valence-electron chi connectivity index (χ2n) is 7.82. The van der Waals surface area contributed by atoms with E-state index in [1.54, 1.807) is 34.1 Å². The number of hydrogen-bond donors (Lipinski definition) is 2. The van der Waals surface area contributed by atoms with Crippen LogP contribution in [-0.2, 0) is 19.6 Å². The highest BCUT2D eigenvalue weighted by Crippen LogP contribution is 2.27. The number of phenolic OH excluding ortho intramolecular Hbond substituents is 1. The normalized spacial score (nSPS) is 17.1. The molecule has 2 fully saturated rings. The van der Waals surface area contributed by atoms with E-state index in [4.69, 9.17) is 0 Å². The highest BCUT2D eigenvalue weighted by atomic mass is 32.2. The summed E-state index contributed by atoms with van der Waals surface area (Å²) in [5.41, 5.74) is 1.39. The van der Waals surface area contributed by atoms with Crippen molar-refractivity contribution in [3.05, 3.63) is 48.5 Å². The first-order valence-corrected chi connectivity index (χ1v) is 12.0. The molecule has 2 N–H and O–H groups in total. The van der Waals surface area contributed by atoms with Gasteiger partial charge in [0.2, 0.25) is 21.8 Å². The van der Waals surface area contributed by atoms with Crippen molar-refractivity contribution in [2.24, 2.45) is 0 Å². The Kier molecular flexibility index (Phi) is 6.33. The van der Waals surface area contributed by atoms with Crippen LogP contribution in [0.5, 0.6) is 5.75 Å². The van der Waals surface area contributed by atoms with Crippen LogP contribution >= 0.6 is 0 Å². The maximum Gasteiger partial charge on any atom is 0.241 e. The first-order chi connectivity index (χ1) is 15.3. The fourth-order valence-corrected chi connectivity index (χ4v) is 4.98. The van der Waals surface area contributed by atoms with Gasteiger partial charge in [-0.2, -0.15) is 0 Å². The Labute approximate surface area is 187 Å². The summed E-state index contributed by atoms with van der Waals surface area (Å²) in [4.78, 5) is 29.7. The zero-order valence-electron chi connectivity index (χ0n) is 17.6. The molecule has 0 spiro atoms. The quantitative estimate of drug-likeness (QED) is 0.672. The first kappa shape index (κ1) is 22.1. The van der Waals surface area contributed by atoms with Crippen LogP contribution in [0.2, 0.25) is 0 Å². The highest BCUT2D eigenvalue weighted by Gasteiger charge is 2.25. The van der Waals surface area contributed by atoms with Gasteiger partial charge in [-0.25, -0.2) is 13.1 Å². The number of sulfonamides is 1. The second kappa shape index (κ2) is 9.17. The lowest BCUT2D eigenvalue weighted by atomic mass is 10.2. The Balaban J connectivity index is 1.30. The predicted octanol–water partition coefficient (Wildman–Crippen LogP) is 1.15. The number of aromatic hydroxyl groups is 1. The fraction of sp³-hybridized carbons (Fsp3) is 0.364. The van der Waals surface area contributed by atoms with Crippen LogP contribution in [0.1, 0.15) is 12.8 Å². The van der Waals surface area contributed by atoms with Gasteiger partial charge in [-0.15, -0.1) is 0 Å². The van der Waals surface area contributed by atoms with E-state index >= 15 is 0 Å². The number of nitrogens with one attached hydrogen (secondary N) is 1. The van der Waals surface area contributed by atoms with Crippen LogP contribution in [-0.4, -0.2) is 69.5 Å². The number of carbonyl (C=O) groups is 2. The van der Waals surface area contributed by atoms with E-state index in [1.807, 2.05) is 17.0 Å². The average Bonchev–Trinajstić information content (AvgIpc) is 3.24. The summed E-state index contributed by atoms with van der Waals surface area (Å²) in [7, 11) is -3.85. The lowest BCUT2D eigenvalue weighted by Crippen LogP contribution is -2.51. The van der Waals surface area contributed by atoms with Gasteiger partial charge >= 0.3 is 0 Å². The summed E-state index contributed by atoms with van der Waals surface area (Å²) in [5, 5.41) is 9.99. The third kappa shape index (κ3) is 4.71. The van der Waals surface area contributed by atoms with Gasteiger partial charge in [-0.05, 0) is 42.8 Å². The van der Waals surface area contributed by atoms with Gasteiger partial charge in [-0.3, -0.25) is 9.59 Å². The van der Waals surface area contributed by atoms with Crippen molar-refractivity contribution in [2.75, 3.05) is 49.1 Å². The van der Waals surface area contributed by atoms with E-state index in [2.05, 4.69) is 4.72 Å². The van der Waals surface area contributed by atoms with E-state index in [9.17, 15) is 23.1 Å². The third-order valence-electron chi connectivity index (χ3n) is 5.80. The Bertz CT molecular complexity index is 1100. The molecule has 2 heterocycles. The molecule has 0 atom stereocenters. The minimum absolute atomic E-state index is 0.0342. The summed E-state index contributed by atoms with van der Waals surface area (Å²) in [6.45, 7) is 2.28. The Morgan fingerprint density at radius 1 is 0.969 bits per heavy atom. The number of benzene rings is 2. The third-order valence-corrected chi connectivity index (χ3v) is 7.22. The molecule has 0 aliphatic carbocycles. The smallest absolute Gasteiger partial charge is 0.241 e. The SMILES string of the molecule is O=C(CNS(=O)(=O)c1ccc(N2CCCC2=O)cc1)N1CCN(c2ccccc2O)CC1. The molecule has 0 unspecified atom stereocenters. The van der Waals surface area contributed by atoms with E-state index in [-0.39, 0.29) is 29.0 Å². The lowest BCUT2D eigenvalue weighted by molar-refractivity contribution is -0.130. The van der Waals surface area contributed by atoms with Crippen LogP contribution < -0.4 is 14.5 Å². The molecule has 0 radical (unpaired) electrons. The zero-order chi connectivity index (χ0) is 22.7. The molecular weight excluding hydrogens is 432 g/mol. The topological polar surface area (TPSA) is 110 Å². The maximum atomic E-state index is 12.6. The van der Waals surface area contributed by atoms with Gasteiger partial charge in [0, 0.05) is 44.8 Å². The molecule has 10 heteroatoms. The molecule has 2 amide bonds. The van der Waals surface area contributed by atoms with Crippen molar-refractivity contribution in [1.82, 2.24) is 9.62 Å². The molecule has 2 aromatic rings. The molecule has 32 heavy (non-hydrogen) atoms. The van der Waals surface area contributed by atoms with Crippen molar-refractivity contribution in [3.63, 3.8) is 0 Å². The van der Waals surface area contributed by atoms with E-state index in [0.717, 1.165) is 12.1 Å². The number of piperazine rings is 1. The monoisotopic (exact) mass is 458 g/mol. The summed E-state index contributed by atoms with van der Waals surface area (Å²) in [6, 6.07) is 13.2. The van der Waals surface area contributed by atoms with Gasteiger partial charge in [0.1, 0.15) is 5.75 Å². The summed E-state index contributed by atoms with van der Waals surface area (Å²) in [5.74, 6) is -0.0724. The summed E-state index contributed by atoms with van der Waals surface area (Å²) < 4.78 is 27.6. The van der Waals surface area contributed by atoms with E-state index in [1.165, 1.54) is 12.1 Å². The molecule has 0 bridgehead atoms. The molecule has 0 aromatic heterocycles. The summed E-state index contributed by atoms with van der Waals surface area (Å²) in [6.07, 6.45) is 1.30. The molecule has 2 aliphatic heterocycles. The van der Waals surface area contributed by atoms with Gasteiger partial charge in [0.25, 0.3) is 0 Å². The van der Waals surface area contributed by atoms with Gasteiger partial charge in [0.15, 0.2) is 0 Å². The number of phenols is 1. The van der Waals surface area contributed by atoms with Gasteiger partial charge < -0.3 is 19.8 Å². The van der Waals surface area contributed by atoms with Crippen molar-refractivity contribution < 1.29 is 23.1 Å². The van der Waals surface area contributed by atoms with Crippen molar-refractivity contribution in [3.8, 4) is 5.75 Å². The van der Waals surface area contributed by atoms with Crippen LogP contribution in [0, 0.1) is 0 Å². The van der Waals surface area contributed by atoms with Crippen LogP contribution in [0.15, 0.2) is 53.4 Å². The number of nitrogens with zero attached hydrogens (tertiary/aromatic N) is 3. The van der Waals surface area contributed by atoms with Crippen molar-refractivity contribution in [2.45, 2.75) is 17.7 Å². The molecular formula is C22H26N4O5S. The number of anilines is 2. The molecule has 9 nitrogen and oxygen atoms in total. The maximum absolute atomic E-state index is 12.6. The molecule has 170 valence electrons. The first-order valence-electron chi connectivity index (χ1n) is 10.6. The average molecular weight is 459 g/mol. The van der Waals surface area contributed by atoms with Gasteiger partial charge in [-0.1, -0.05) is 12.1 Å². The van der Waals surface area contributed by atoms with Crippen LogP contribution in [0.3, 0.4) is 0 Å². The van der Waals surface area contributed by atoms with Crippen molar-refractivity contribution >= 4 is 33.2 Å². The number of hydrogen-bond acceptors (Lipinski definition) is 6. The van der Waals surface area contributed by atoms with Crippen LogP contribution in [0.25, 0.3) is 0 Å². The lowest BCUT2D eigenvalue weighted by Gasteiger charge is -2.36. The minimum atomic E-state index is -3.85. The predicted molar refractivity (Wildman–Crippen MR) is 120 cm³/mol. The number of amides is 2. The fourth-order valence-electron chi connectivity index (χ4n) is 4.01. The molecule has 0 saturated carbocycles. The number of rotatable bonds is 6. The molecule has 2 aliphatic rings. The highest BCUT2D eigenvalue weighted by molar-refractivity contribution is 7.89. The minimum Gasteiger partial charge on any atom is -0.506 e. The molecule has 4 rings (SSSR count). The standard InChI is InChI=1S/C22H26N4O5S/c27-20-5-2-1-4-19(20)24-12-14-25(15-13-24)22(29)16-23-32(30,31)18-9-7-17(8-10-18)26-11-3-6-21(26)28/h1-2,4-5,7-10,23,27H,3,6,11-16H2. The Morgan fingerprint density at radius 2 is 1.66 bits per heavy atom.